The normalized spacial score (nSPS) is 10.4. The maximum Gasteiger partial charge on any atom is 0.263 e. The van der Waals surface area contributed by atoms with Crippen LogP contribution in [0.4, 0.5) is 11.8 Å². The Bertz CT molecular complexity index is 1750. The number of nitrogens with two attached hydrogens (primary N) is 2. The number of aromatic nitrogens is 4. The maximum atomic E-state index is 13.5. The van der Waals surface area contributed by atoms with E-state index in [1.54, 1.807) is 23.9 Å². The molecular weight excluding hydrogens is 466 g/mol. The van der Waals surface area contributed by atoms with Crippen LogP contribution in [0.5, 0.6) is 0 Å². The summed E-state index contributed by atoms with van der Waals surface area (Å²) in [6.07, 6.45) is 3.82. The van der Waals surface area contributed by atoms with Crippen molar-refractivity contribution < 1.29 is 0 Å². The molecule has 0 radical (unpaired) electrons. The summed E-state index contributed by atoms with van der Waals surface area (Å²) in [5.41, 5.74) is 14.1. The number of aryl methyl sites for hydroxylation is 2. The Kier molecular flexibility index (Phi) is 7.11. The number of anilines is 2. The molecule has 0 unspecified atom stereocenters. The van der Waals surface area contributed by atoms with Crippen molar-refractivity contribution in [2.24, 2.45) is 7.05 Å². The molecular formula is C28H25N7O2. The first-order valence-electron chi connectivity index (χ1n) is 11.5. The molecule has 0 saturated carbocycles. The summed E-state index contributed by atoms with van der Waals surface area (Å²) in [5, 5.41) is 9.93. The molecule has 4 N–H and O–H groups in total. The summed E-state index contributed by atoms with van der Waals surface area (Å²) >= 11 is 0. The molecule has 0 aliphatic rings. The summed E-state index contributed by atoms with van der Waals surface area (Å²) in [4.78, 5) is 32.4. The number of hydrogen-bond acceptors (Lipinski definition) is 7. The second-order valence-corrected chi connectivity index (χ2v) is 8.24. The van der Waals surface area contributed by atoms with Crippen molar-refractivity contribution in [2.75, 3.05) is 11.5 Å². The molecule has 5 rings (SSSR count). The van der Waals surface area contributed by atoms with Gasteiger partial charge in [-0.05, 0) is 47.2 Å². The molecule has 184 valence electrons. The van der Waals surface area contributed by atoms with Gasteiger partial charge >= 0.3 is 0 Å². The van der Waals surface area contributed by atoms with Gasteiger partial charge in [-0.2, -0.15) is 10.2 Å². The predicted octanol–water partition coefficient (Wildman–Crippen LogP) is 3.43. The van der Waals surface area contributed by atoms with E-state index in [0.29, 0.717) is 5.39 Å². The second-order valence-electron chi connectivity index (χ2n) is 8.24. The van der Waals surface area contributed by atoms with Crippen molar-refractivity contribution in [3.05, 3.63) is 111 Å². The van der Waals surface area contributed by atoms with Crippen LogP contribution in [0.2, 0.25) is 0 Å². The van der Waals surface area contributed by atoms with Crippen molar-refractivity contribution in [1.82, 2.24) is 19.1 Å². The molecule has 0 aliphatic heterocycles. The molecule has 0 bridgehead atoms. The number of hydrogen-bond donors (Lipinski definition) is 2. The van der Waals surface area contributed by atoms with E-state index in [9.17, 15) is 9.59 Å². The minimum atomic E-state index is -0.0750. The number of nitrogens with zero attached hydrogens (tertiary/aromatic N) is 5. The highest BCUT2D eigenvalue weighted by Gasteiger charge is 2.14. The fourth-order valence-corrected chi connectivity index (χ4v) is 4.03. The Hall–Kier alpha value is -5.23. The number of para-hydroxylation sites is 1. The van der Waals surface area contributed by atoms with Gasteiger partial charge in [0.25, 0.3) is 5.56 Å². The fourth-order valence-electron chi connectivity index (χ4n) is 4.03. The molecule has 3 aromatic heterocycles. The minimum absolute atomic E-state index is 0.0417. The van der Waals surface area contributed by atoms with Crippen molar-refractivity contribution in [3.8, 4) is 22.9 Å². The summed E-state index contributed by atoms with van der Waals surface area (Å²) in [6, 6.07) is 22.8. The lowest BCUT2D eigenvalue weighted by molar-refractivity contribution is 0.862. The molecule has 9 heteroatoms. The van der Waals surface area contributed by atoms with E-state index in [0.717, 1.165) is 34.3 Å². The van der Waals surface area contributed by atoms with E-state index in [1.165, 1.54) is 16.8 Å². The Morgan fingerprint density at radius 3 is 2.41 bits per heavy atom. The molecule has 0 aliphatic carbocycles. The van der Waals surface area contributed by atoms with E-state index in [1.807, 2.05) is 54.6 Å². The number of benzene rings is 2. The average molecular weight is 492 g/mol. The first-order valence-corrected chi connectivity index (χ1v) is 11.5. The van der Waals surface area contributed by atoms with Crippen LogP contribution in [0, 0.1) is 11.3 Å². The quantitative estimate of drug-likeness (QED) is 0.393. The number of nitrogen functional groups attached to an aromatic ring is 2. The van der Waals surface area contributed by atoms with Gasteiger partial charge in [-0.25, -0.2) is 4.98 Å². The van der Waals surface area contributed by atoms with Gasteiger partial charge in [0, 0.05) is 30.7 Å². The highest BCUT2D eigenvalue weighted by atomic mass is 16.1. The van der Waals surface area contributed by atoms with Crippen LogP contribution in [0.1, 0.15) is 18.2 Å². The fraction of sp³-hybridized carbons (Fsp3) is 0.107. The molecule has 0 atom stereocenters. The summed E-state index contributed by atoms with van der Waals surface area (Å²) < 4.78 is 3.32. The molecule has 0 spiro atoms. The SMILES string of the molecule is CCc1cc2cccc(-c3ccc(=O)n(C)c3)c2c(=O)n1-c1ccccc1.N#Cc1cnc(N)nc1N. The van der Waals surface area contributed by atoms with Crippen LogP contribution in [0.25, 0.3) is 27.6 Å². The Balaban J connectivity index is 0.000000270. The third kappa shape index (κ3) is 5.09. The summed E-state index contributed by atoms with van der Waals surface area (Å²) in [7, 11) is 1.72. The lowest BCUT2D eigenvalue weighted by Gasteiger charge is -2.15. The molecule has 3 heterocycles. The summed E-state index contributed by atoms with van der Waals surface area (Å²) in [6.45, 7) is 2.05. The molecule has 37 heavy (non-hydrogen) atoms. The largest absolute Gasteiger partial charge is 0.382 e. The Morgan fingerprint density at radius 2 is 1.76 bits per heavy atom. The monoisotopic (exact) mass is 491 g/mol. The van der Waals surface area contributed by atoms with Crippen LogP contribution in [0.15, 0.2) is 88.7 Å². The first-order chi connectivity index (χ1) is 17.8. The number of nitriles is 1. The molecule has 0 amide bonds. The Morgan fingerprint density at radius 1 is 1.00 bits per heavy atom. The summed E-state index contributed by atoms with van der Waals surface area (Å²) in [5.74, 6) is 0.200. The standard InChI is InChI=1S/C23H20N2O2.C5H5N5/c1-3-18-14-16-8-7-11-20(17-12-13-21(26)24(2)15-17)22(16)23(27)25(18)19-9-5-4-6-10-19;6-1-3-2-9-5(8)10-4(3)7/h4-15H,3H2,1-2H3;2H,(H4,7,8,9,10). The zero-order valence-electron chi connectivity index (χ0n) is 20.4. The second kappa shape index (κ2) is 10.6. The number of fused-ring (bicyclic) bond motifs is 1. The van der Waals surface area contributed by atoms with E-state index in [-0.39, 0.29) is 28.4 Å². The van der Waals surface area contributed by atoms with Crippen LogP contribution in [-0.4, -0.2) is 19.1 Å². The van der Waals surface area contributed by atoms with Crippen molar-refractivity contribution in [3.63, 3.8) is 0 Å². The van der Waals surface area contributed by atoms with Gasteiger partial charge in [-0.1, -0.05) is 43.3 Å². The number of pyridine rings is 2. The van der Waals surface area contributed by atoms with Gasteiger partial charge < -0.3 is 16.0 Å². The predicted molar refractivity (Wildman–Crippen MR) is 145 cm³/mol. The van der Waals surface area contributed by atoms with Gasteiger partial charge in [-0.15, -0.1) is 0 Å². The number of rotatable bonds is 3. The smallest absolute Gasteiger partial charge is 0.263 e. The molecule has 0 fully saturated rings. The van der Waals surface area contributed by atoms with Gasteiger partial charge in [0.15, 0.2) is 0 Å². The molecule has 9 nitrogen and oxygen atoms in total. The molecule has 0 saturated heterocycles. The topological polar surface area (TPSA) is 146 Å². The van der Waals surface area contributed by atoms with Crippen LogP contribution in [0.3, 0.4) is 0 Å². The highest BCUT2D eigenvalue weighted by molar-refractivity contribution is 5.96. The van der Waals surface area contributed by atoms with Gasteiger partial charge in [-0.3, -0.25) is 14.2 Å². The van der Waals surface area contributed by atoms with Crippen LogP contribution in [-0.2, 0) is 13.5 Å². The van der Waals surface area contributed by atoms with E-state index in [4.69, 9.17) is 16.7 Å². The van der Waals surface area contributed by atoms with E-state index < -0.39 is 0 Å². The lowest BCUT2D eigenvalue weighted by Crippen LogP contribution is -2.22. The average Bonchev–Trinajstić information content (AvgIpc) is 2.90. The maximum absolute atomic E-state index is 13.5. The lowest BCUT2D eigenvalue weighted by atomic mass is 9.99. The van der Waals surface area contributed by atoms with Gasteiger partial charge in [0.2, 0.25) is 11.5 Å². The van der Waals surface area contributed by atoms with Crippen molar-refractivity contribution >= 4 is 22.5 Å². The molecule has 2 aromatic carbocycles. The van der Waals surface area contributed by atoms with Crippen molar-refractivity contribution in [2.45, 2.75) is 13.3 Å². The third-order valence-corrected chi connectivity index (χ3v) is 5.85. The zero-order valence-corrected chi connectivity index (χ0v) is 20.4. The van der Waals surface area contributed by atoms with E-state index in [2.05, 4.69) is 23.0 Å². The van der Waals surface area contributed by atoms with Gasteiger partial charge in [0.05, 0.1) is 11.6 Å². The van der Waals surface area contributed by atoms with Gasteiger partial charge in [0.1, 0.15) is 17.5 Å². The third-order valence-electron chi connectivity index (χ3n) is 5.85. The molecule has 5 aromatic rings. The van der Waals surface area contributed by atoms with Crippen molar-refractivity contribution in [1.29, 1.82) is 5.26 Å². The minimum Gasteiger partial charge on any atom is -0.382 e. The Labute approximate surface area is 212 Å². The van der Waals surface area contributed by atoms with E-state index >= 15 is 0 Å². The van der Waals surface area contributed by atoms with Crippen LogP contribution < -0.4 is 22.6 Å². The first kappa shape index (κ1) is 24.9. The zero-order chi connectivity index (χ0) is 26.5. The van der Waals surface area contributed by atoms with Crippen LogP contribution >= 0.6 is 0 Å². The highest BCUT2D eigenvalue weighted by Crippen LogP contribution is 2.27.